The van der Waals surface area contributed by atoms with E-state index in [-0.39, 0.29) is 11.3 Å². The van der Waals surface area contributed by atoms with E-state index in [0.29, 0.717) is 66.1 Å². The zero-order valence-corrected chi connectivity index (χ0v) is 26.2. The lowest BCUT2D eigenvalue weighted by molar-refractivity contribution is -0.130. The van der Waals surface area contributed by atoms with Gasteiger partial charge in [0.25, 0.3) is 0 Å². The number of rotatable bonds is 11. The van der Waals surface area contributed by atoms with Gasteiger partial charge in [-0.15, -0.1) is 0 Å². The highest BCUT2D eigenvalue weighted by Crippen LogP contribution is 2.62. The molecule has 3 aliphatic rings. The van der Waals surface area contributed by atoms with Gasteiger partial charge < -0.3 is 19.5 Å². The molecule has 0 saturated heterocycles. The Morgan fingerprint density at radius 1 is 1.10 bits per heavy atom. The van der Waals surface area contributed by atoms with Crippen LogP contribution < -0.4 is 9.47 Å². The number of likely N-dealkylation sites (N-methyl/N-ethyl adjacent to an activating group) is 1. The summed E-state index contributed by atoms with van der Waals surface area (Å²) in [5.74, 6) is 4.18. The summed E-state index contributed by atoms with van der Waals surface area (Å²) < 4.78 is 10.7. The van der Waals surface area contributed by atoms with Crippen LogP contribution in [0.1, 0.15) is 93.4 Å². The number of phenolic OH excluding ortho intramolecular Hbond substituents is 1. The van der Waals surface area contributed by atoms with Crippen LogP contribution in [0.2, 0.25) is 0 Å². The van der Waals surface area contributed by atoms with Crippen LogP contribution in [-0.2, 0) is 28.9 Å². The Labute approximate surface area is 251 Å². The number of aromatic hydroxyl groups is 1. The van der Waals surface area contributed by atoms with E-state index in [1.807, 2.05) is 36.2 Å². The maximum Gasteiger partial charge on any atom is 0.222 e. The molecule has 6 nitrogen and oxygen atoms in total. The molecule has 3 unspecified atom stereocenters. The van der Waals surface area contributed by atoms with E-state index in [4.69, 9.17) is 9.47 Å². The molecule has 0 bridgehead atoms. The predicted octanol–water partition coefficient (Wildman–Crippen LogP) is 6.88. The number of ether oxygens (including phenoxy) is 2. The number of carbonyl (C=O) groups is 2. The Balaban J connectivity index is 1.20. The Morgan fingerprint density at radius 2 is 1.88 bits per heavy atom. The Kier molecular flexibility index (Phi) is 9.20. The van der Waals surface area contributed by atoms with E-state index in [2.05, 4.69) is 19.9 Å². The van der Waals surface area contributed by atoms with Crippen LogP contribution >= 0.6 is 0 Å². The molecule has 5 rings (SSSR count). The maximum atomic E-state index is 13.4. The zero-order chi connectivity index (χ0) is 30.0. The first-order chi connectivity index (χ1) is 20.2. The summed E-state index contributed by atoms with van der Waals surface area (Å²) in [5, 5.41) is 10.6. The molecule has 2 aromatic rings. The van der Waals surface area contributed by atoms with Crippen LogP contribution in [0, 0.1) is 23.2 Å². The first kappa shape index (κ1) is 30.4. The van der Waals surface area contributed by atoms with Crippen molar-refractivity contribution in [3.8, 4) is 17.2 Å². The van der Waals surface area contributed by atoms with Gasteiger partial charge in [-0.1, -0.05) is 32.4 Å². The summed E-state index contributed by atoms with van der Waals surface area (Å²) in [7, 11) is 5.14. The second kappa shape index (κ2) is 12.7. The van der Waals surface area contributed by atoms with Gasteiger partial charge in [0, 0.05) is 31.8 Å². The van der Waals surface area contributed by atoms with Gasteiger partial charge in [0.2, 0.25) is 5.91 Å². The number of methoxy groups -OCH3 is 2. The average molecular weight is 576 g/mol. The normalized spacial score (nSPS) is 26.3. The van der Waals surface area contributed by atoms with Gasteiger partial charge in [-0.25, -0.2) is 0 Å². The quantitative estimate of drug-likeness (QED) is 0.316. The molecule has 2 saturated carbocycles. The number of aryl methyl sites for hydroxylation is 2. The highest BCUT2D eigenvalue weighted by molar-refractivity contribution is 5.87. The van der Waals surface area contributed by atoms with Crippen LogP contribution in [0.4, 0.5) is 0 Å². The monoisotopic (exact) mass is 575 g/mol. The van der Waals surface area contributed by atoms with Crippen molar-refractivity contribution in [3.05, 3.63) is 52.6 Å². The second-order valence-corrected chi connectivity index (χ2v) is 13.3. The second-order valence-electron chi connectivity index (χ2n) is 13.3. The molecule has 0 radical (unpaired) electrons. The van der Waals surface area contributed by atoms with Gasteiger partial charge in [-0.3, -0.25) is 9.59 Å². The van der Waals surface area contributed by atoms with Crippen molar-refractivity contribution in [1.82, 2.24) is 4.90 Å². The molecular weight excluding hydrogens is 526 g/mol. The number of fused-ring (bicyclic) bond motifs is 5. The lowest BCUT2D eigenvalue weighted by Crippen LogP contribution is -2.44. The molecule has 0 aliphatic heterocycles. The van der Waals surface area contributed by atoms with E-state index in [9.17, 15) is 14.7 Å². The van der Waals surface area contributed by atoms with Gasteiger partial charge in [-0.05, 0) is 115 Å². The SMILES string of the molecule is CCCc1cc2c(cc1O)CCC1C2CC[C@]2(C)C(=O)C[C@@H](CCCC(=O)N(C)CCc3ccc(OC)c(OC)c3)C12. The Morgan fingerprint density at radius 3 is 2.62 bits per heavy atom. The predicted molar refractivity (Wildman–Crippen MR) is 165 cm³/mol. The molecule has 1 N–H and O–H groups in total. The van der Waals surface area contributed by atoms with Gasteiger partial charge in [0.15, 0.2) is 11.5 Å². The molecule has 2 aromatic carbocycles. The number of hydrogen-bond acceptors (Lipinski definition) is 5. The van der Waals surface area contributed by atoms with Gasteiger partial charge >= 0.3 is 0 Å². The highest BCUT2D eigenvalue weighted by Gasteiger charge is 2.58. The first-order valence-electron chi connectivity index (χ1n) is 16.0. The first-order valence-corrected chi connectivity index (χ1v) is 16.0. The number of hydrogen-bond donors (Lipinski definition) is 1. The summed E-state index contributed by atoms with van der Waals surface area (Å²) in [4.78, 5) is 28.3. The fraction of sp³-hybridized carbons (Fsp3) is 0.611. The number of phenols is 1. The minimum absolute atomic E-state index is 0.166. The van der Waals surface area contributed by atoms with Crippen LogP contribution in [0.15, 0.2) is 30.3 Å². The third kappa shape index (κ3) is 5.78. The number of nitrogens with zero attached hydrogens (tertiary/aromatic N) is 1. The smallest absolute Gasteiger partial charge is 0.222 e. The van der Waals surface area contributed by atoms with Crippen LogP contribution in [0.5, 0.6) is 17.2 Å². The van der Waals surface area contributed by atoms with Crippen molar-refractivity contribution in [1.29, 1.82) is 0 Å². The maximum absolute atomic E-state index is 13.4. The Bertz CT molecular complexity index is 1300. The molecule has 1 amide bonds. The van der Waals surface area contributed by atoms with Crippen molar-refractivity contribution in [2.24, 2.45) is 23.2 Å². The third-order valence-corrected chi connectivity index (χ3v) is 10.9. The summed E-state index contributed by atoms with van der Waals surface area (Å²) in [6, 6.07) is 10.2. The number of amides is 1. The molecule has 42 heavy (non-hydrogen) atoms. The van der Waals surface area contributed by atoms with Crippen LogP contribution in [0.25, 0.3) is 0 Å². The fourth-order valence-electron chi connectivity index (χ4n) is 8.61. The standard InChI is InChI=1S/C36H49NO5/c1-6-8-25-20-29-24(21-30(25)38)12-13-28-27(29)15-17-36(2)33(39)22-26(35(28)36)9-7-10-34(40)37(3)18-16-23-11-14-31(41-4)32(19-23)42-5/h11,14,19-21,26-28,35,38H,6-10,12-13,15-18,22H2,1-5H3/t26-,27?,28?,35?,36-/m1/s1. The summed E-state index contributed by atoms with van der Waals surface area (Å²) in [5.41, 5.74) is 4.68. The molecule has 0 aromatic heterocycles. The summed E-state index contributed by atoms with van der Waals surface area (Å²) in [6.45, 7) is 5.04. The van der Waals surface area contributed by atoms with Crippen molar-refractivity contribution in [3.63, 3.8) is 0 Å². The highest BCUT2D eigenvalue weighted by atomic mass is 16.5. The molecule has 3 aliphatic carbocycles. The minimum atomic E-state index is -0.229. The molecule has 228 valence electrons. The molecular formula is C36H49NO5. The minimum Gasteiger partial charge on any atom is -0.508 e. The van der Waals surface area contributed by atoms with E-state index >= 15 is 0 Å². The van der Waals surface area contributed by atoms with Crippen molar-refractivity contribution >= 4 is 11.7 Å². The number of benzene rings is 2. The molecule has 2 fully saturated rings. The van der Waals surface area contributed by atoms with E-state index in [1.165, 1.54) is 11.1 Å². The fourth-order valence-corrected chi connectivity index (χ4v) is 8.61. The van der Waals surface area contributed by atoms with E-state index in [1.54, 1.807) is 14.2 Å². The average Bonchev–Trinajstić information content (AvgIpc) is 3.25. The molecule has 6 heteroatoms. The number of ketones is 1. The van der Waals surface area contributed by atoms with Gasteiger partial charge in [0.1, 0.15) is 11.5 Å². The van der Waals surface area contributed by atoms with Crippen molar-refractivity contribution < 1.29 is 24.2 Å². The largest absolute Gasteiger partial charge is 0.508 e. The van der Waals surface area contributed by atoms with Crippen molar-refractivity contribution in [2.75, 3.05) is 27.8 Å². The summed E-state index contributed by atoms with van der Waals surface area (Å²) in [6.07, 6.45) is 9.70. The molecule has 5 atom stereocenters. The molecule has 0 heterocycles. The topological polar surface area (TPSA) is 76.1 Å². The van der Waals surface area contributed by atoms with Crippen molar-refractivity contribution in [2.45, 2.75) is 90.4 Å². The third-order valence-electron chi connectivity index (χ3n) is 10.9. The zero-order valence-electron chi connectivity index (χ0n) is 26.2. The van der Waals surface area contributed by atoms with Gasteiger partial charge in [0.05, 0.1) is 14.2 Å². The summed E-state index contributed by atoms with van der Waals surface area (Å²) >= 11 is 0. The number of carbonyl (C=O) groups excluding carboxylic acids is 2. The van der Waals surface area contributed by atoms with Crippen LogP contribution in [-0.4, -0.2) is 49.5 Å². The lowest BCUT2D eigenvalue weighted by Gasteiger charge is -2.50. The van der Waals surface area contributed by atoms with E-state index < -0.39 is 0 Å². The molecule has 0 spiro atoms. The van der Waals surface area contributed by atoms with E-state index in [0.717, 1.165) is 68.9 Å². The van der Waals surface area contributed by atoms with Gasteiger partial charge in [-0.2, -0.15) is 0 Å². The lowest BCUT2D eigenvalue weighted by atomic mass is 9.54. The van der Waals surface area contributed by atoms with Crippen LogP contribution in [0.3, 0.4) is 0 Å². The number of Topliss-reactive ketones (excluding diaryl/α,β-unsaturated/α-hetero) is 1. The Hall–Kier alpha value is -3.02.